The number of hydrazine groups is 1. The summed E-state index contributed by atoms with van der Waals surface area (Å²) in [6.07, 6.45) is -0.289. The van der Waals surface area contributed by atoms with Gasteiger partial charge in [-0.3, -0.25) is 24.6 Å². The first-order chi connectivity index (χ1) is 16.8. The second kappa shape index (κ2) is 9.80. The number of ether oxygens (including phenoxy) is 1. The lowest BCUT2D eigenvalue weighted by Gasteiger charge is -2.28. The minimum atomic E-state index is -1.23. The molecule has 1 heterocycles. The molecular formula is C27H25N3O5. The fourth-order valence-corrected chi connectivity index (χ4v) is 4.03. The number of hydrogen-bond donors (Lipinski definition) is 1. The highest BCUT2D eigenvalue weighted by atomic mass is 16.5. The quantitative estimate of drug-likeness (QED) is 0.454. The Morgan fingerprint density at radius 2 is 1.66 bits per heavy atom. The van der Waals surface area contributed by atoms with Crippen molar-refractivity contribution in [1.29, 1.82) is 0 Å². The van der Waals surface area contributed by atoms with Crippen LogP contribution in [0, 0.1) is 13.8 Å². The van der Waals surface area contributed by atoms with Crippen molar-refractivity contribution in [3.63, 3.8) is 0 Å². The van der Waals surface area contributed by atoms with Crippen molar-refractivity contribution in [2.45, 2.75) is 26.3 Å². The molecule has 1 aliphatic heterocycles. The molecule has 4 rings (SSSR count). The van der Waals surface area contributed by atoms with Gasteiger partial charge in [0, 0.05) is 11.1 Å². The number of hydrogen-bond acceptors (Lipinski definition) is 5. The molecule has 1 saturated heterocycles. The molecule has 0 saturated carbocycles. The van der Waals surface area contributed by atoms with E-state index >= 15 is 0 Å². The van der Waals surface area contributed by atoms with E-state index in [1.807, 2.05) is 6.92 Å². The summed E-state index contributed by atoms with van der Waals surface area (Å²) in [6.45, 7) is 3.60. The first kappa shape index (κ1) is 23.7. The average molecular weight is 472 g/mol. The smallest absolute Gasteiger partial charge is 0.273 e. The molecule has 1 atom stereocenters. The Bertz CT molecular complexity index is 1310. The Kier molecular flexibility index (Phi) is 6.64. The topological polar surface area (TPSA) is 96.0 Å². The van der Waals surface area contributed by atoms with Crippen molar-refractivity contribution in [2.24, 2.45) is 0 Å². The summed E-state index contributed by atoms with van der Waals surface area (Å²) in [5, 5.41) is 0.965. The third-order valence-corrected chi connectivity index (χ3v) is 5.86. The van der Waals surface area contributed by atoms with Gasteiger partial charge in [-0.1, -0.05) is 42.5 Å². The van der Waals surface area contributed by atoms with E-state index in [0.717, 1.165) is 15.5 Å². The minimum Gasteiger partial charge on any atom is -0.495 e. The molecule has 3 aromatic carbocycles. The van der Waals surface area contributed by atoms with Gasteiger partial charge < -0.3 is 4.74 Å². The number of carbonyl (C=O) groups excluding carboxylic acids is 4. The number of imide groups is 1. The summed E-state index contributed by atoms with van der Waals surface area (Å²) in [5.74, 6) is -1.94. The summed E-state index contributed by atoms with van der Waals surface area (Å²) in [5.41, 5.74) is 5.04. The number of amides is 4. The van der Waals surface area contributed by atoms with E-state index in [2.05, 4.69) is 5.43 Å². The highest BCUT2D eigenvalue weighted by molar-refractivity contribution is 6.24. The number of carbonyl (C=O) groups is 4. The van der Waals surface area contributed by atoms with Crippen molar-refractivity contribution >= 4 is 29.3 Å². The highest BCUT2D eigenvalue weighted by Crippen LogP contribution is 2.34. The Labute approximate surface area is 203 Å². The van der Waals surface area contributed by atoms with Crippen molar-refractivity contribution in [3.05, 3.63) is 95.1 Å². The number of aryl methyl sites for hydroxylation is 2. The Morgan fingerprint density at radius 3 is 2.34 bits per heavy atom. The van der Waals surface area contributed by atoms with Crippen molar-refractivity contribution in [1.82, 2.24) is 10.4 Å². The Balaban J connectivity index is 1.72. The van der Waals surface area contributed by atoms with Crippen LogP contribution < -0.4 is 15.1 Å². The molecule has 178 valence electrons. The zero-order chi connectivity index (χ0) is 25.1. The van der Waals surface area contributed by atoms with Crippen LogP contribution in [0.15, 0.2) is 72.8 Å². The van der Waals surface area contributed by atoms with Gasteiger partial charge in [0.05, 0.1) is 19.2 Å². The number of anilines is 1. The van der Waals surface area contributed by atoms with Gasteiger partial charge in [0.15, 0.2) is 0 Å². The van der Waals surface area contributed by atoms with Crippen molar-refractivity contribution in [2.75, 3.05) is 12.0 Å². The Morgan fingerprint density at radius 1 is 0.971 bits per heavy atom. The molecule has 1 aliphatic rings. The molecule has 1 fully saturated rings. The first-order valence-corrected chi connectivity index (χ1v) is 11.1. The fraction of sp³-hybridized carbons (Fsp3) is 0.185. The predicted octanol–water partition coefficient (Wildman–Crippen LogP) is 3.43. The predicted molar refractivity (Wildman–Crippen MR) is 130 cm³/mol. The van der Waals surface area contributed by atoms with Crippen LogP contribution >= 0.6 is 0 Å². The normalized spacial score (nSPS) is 15.2. The van der Waals surface area contributed by atoms with E-state index in [-0.39, 0.29) is 12.0 Å². The zero-order valence-electron chi connectivity index (χ0n) is 19.6. The van der Waals surface area contributed by atoms with Crippen LogP contribution in [0.25, 0.3) is 0 Å². The summed E-state index contributed by atoms with van der Waals surface area (Å²) in [7, 11) is 1.45. The van der Waals surface area contributed by atoms with Gasteiger partial charge in [0.2, 0.25) is 5.91 Å². The van der Waals surface area contributed by atoms with Gasteiger partial charge in [0.1, 0.15) is 11.8 Å². The molecular weight excluding hydrogens is 446 g/mol. The largest absolute Gasteiger partial charge is 0.495 e. The zero-order valence-corrected chi connectivity index (χ0v) is 19.6. The summed E-state index contributed by atoms with van der Waals surface area (Å²) < 4.78 is 5.36. The maximum atomic E-state index is 13.6. The third kappa shape index (κ3) is 4.63. The average Bonchev–Trinajstić information content (AvgIpc) is 3.15. The molecule has 8 nitrogen and oxygen atoms in total. The molecule has 8 heteroatoms. The number of nitrogens with one attached hydrogen (secondary N) is 1. The molecule has 0 bridgehead atoms. The van der Waals surface area contributed by atoms with Gasteiger partial charge in [-0.2, -0.15) is 0 Å². The first-order valence-electron chi connectivity index (χ1n) is 11.1. The number of rotatable bonds is 5. The fourth-order valence-electron chi connectivity index (χ4n) is 4.03. The summed E-state index contributed by atoms with van der Waals surface area (Å²) in [6, 6.07) is 19.1. The van der Waals surface area contributed by atoms with Crippen molar-refractivity contribution in [3.8, 4) is 5.75 Å². The van der Waals surface area contributed by atoms with E-state index in [1.54, 1.807) is 79.7 Å². The van der Waals surface area contributed by atoms with Gasteiger partial charge in [0.25, 0.3) is 17.7 Å². The lowest BCUT2D eigenvalue weighted by atomic mass is 10.1. The lowest BCUT2D eigenvalue weighted by molar-refractivity contribution is -0.122. The summed E-state index contributed by atoms with van der Waals surface area (Å²) in [4.78, 5) is 54.2. The van der Waals surface area contributed by atoms with E-state index in [0.29, 0.717) is 22.6 Å². The van der Waals surface area contributed by atoms with Gasteiger partial charge >= 0.3 is 0 Å². The van der Waals surface area contributed by atoms with Crippen LogP contribution in [0.4, 0.5) is 5.69 Å². The van der Waals surface area contributed by atoms with Crippen LogP contribution in [0.3, 0.4) is 0 Å². The number of benzene rings is 3. The van der Waals surface area contributed by atoms with E-state index in [1.165, 1.54) is 7.11 Å². The van der Waals surface area contributed by atoms with Crippen LogP contribution in [0.1, 0.15) is 38.3 Å². The van der Waals surface area contributed by atoms with Gasteiger partial charge in [-0.05, 0) is 55.3 Å². The number of nitrogens with zero attached hydrogens (tertiary/aromatic N) is 2. The molecule has 35 heavy (non-hydrogen) atoms. The van der Waals surface area contributed by atoms with Gasteiger partial charge in [-0.15, -0.1) is 0 Å². The second-order valence-corrected chi connectivity index (χ2v) is 8.26. The van der Waals surface area contributed by atoms with E-state index in [9.17, 15) is 19.2 Å². The maximum absolute atomic E-state index is 13.6. The lowest BCUT2D eigenvalue weighted by Crippen LogP contribution is -2.54. The van der Waals surface area contributed by atoms with E-state index < -0.39 is 29.7 Å². The molecule has 1 N–H and O–H groups in total. The van der Waals surface area contributed by atoms with Crippen LogP contribution in [0.5, 0.6) is 5.75 Å². The molecule has 0 radical (unpaired) electrons. The van der Waals surface area contributed by atoms with E-state index in [4.69, 9.17) is 4.74 Å². The third-order valence-electron chi connectivity index (χ3n) is 5.86. The van der Waals surface area contributed by atoms with Crippen LogP contribution in [-0.2, 0) is 9.59 Å². The summed E-state index contributed by atoms with van der Waals surface area (Å²) >= 11 is 0. The molecule has 3 aromatic rings. The molecule has 0 aliphatic carbocycles. The molecule has 0 aromatic heterocycles. The number of methoxy groups -OCH3 is 1. The SMILES string of the molecule is COc1ccc(C)cc1N1C(=O)CC(N(NC(=O)c2ccccc2C)C(=O)c2ccccc2)C1=O. The van der Waals surface area contributed by atoms with Crippen LogP contribution in [0.2, 0.25) is 0 Å². The standard InChI is InChI=1S/C27H25N3O5/c1-17-13-14-23(35-3)21(15-17)29-24(31)16-22(27(29)34)30(26(33)19-10-5-4-6-11-19)28-25(32)20-12-8-7-9-18(20)2/h4-15,22H,16H2,1-3H3,(H,28,32). The highest BCUT2D eigenvalue weighted by Gasteiger charge is 2.46. The maximum Gasteiger partial charge on any atom is 0.273 e. The minimum absolute atomic E-state index is 0.268. The molecule has 0 spiro atoms. The molecule has 4 amide bonds. The van der Waals surface area contributed by atoms with Crippen molar-refractivity contribution < 1.29 is 23.9 Å². The molecule has 1 unspecified atom stereocenters. The van der Waals surface area contributed by atoms with Gasteiger partial charge in [-0.25, -0.2) is 9.91 Å². The second-order valence-electron chi connectivity index (χ2n) is 8.26. The Hall–Kier alpha value is -4.46. The van der Waals surface area contributed by atoms with Crippen LogP contribution in [-0.4, -0.2) is 41.8 Å². The monoisotopic (exact) mass is 471 g/mol.